The van der Waals surface area contributed by atoms with E-state index < -0.39 is 0 Å². The maximum absolute atomic E-state index is 13.1. The molecule has 28 heavy (non-hydrogen) atoms. The molecule has 2 aliphatic rings. The van der Waals surface area contributed by atoms with Gasteiger partial charge in [-0.05, 0) is 37.1 Å². The molecule has 0 spiro atoms. The molecule has 1 fully saturated rings. The van der Waals surface area contributed by atoms with E-state index in [0.717, 1.165) is 19.5 Å². The molecular formula is C23H23N3O2. The van der Waals surface area contributed by atoms with Gasteiger partial charge >= 0.3 is 0 Å². The number of imide groups is 1. The van der Waals surface area contributed by atoms with E-state index in [0.29, 0.717) is 12.2 Å². The summed E-state index contributed by atoms with van der Waals surface area (Å²) < 4.78 is 2.35. The summed E-state index contributed by atoms with van der Waals surface area (Å²) in [5.41, 5.74) is 4.61. The highest BCUT2D eigenvalue weighted by molar-refractivity contribution is 6.22. The van der Waals surface area contributed by atoms with Gasteiger partial charge in [-0.15, -0.1) is 0 Å². The lowest BCUT2D eigenvalue weighted by molar-refractivity contribution is -0.123. The lowest BCUT2D eigenvalue weighted by atomic mass is 10.0. The molecule has 2 aliphatic heterocycles. The van der Waals surface area contributed by atoms with Crippen molar-refractivity contribution in [1.82, 2.24) is 9.47 Å². The molecule has 1 aromatic heterocycles. The first-order valence-corrected chi connectivity index (χ1v) is 9.94. The average molecular weight is 373 g/mol. The summed E-state index contributed by atoms with van der Waals surface area (Å²) in [6, 6.07) is 17.4. The third-order valence-corrected chi connectivity index (χ3v) is 6.09. The maximum Gasteiger partial charge on any atom is 0.251 e. The number of benzene rings is 2. The van der Waals surface area contributed by atoms with Crippen molar-refractivity contribution in [2.45, 2.75) is 38.9 Å². The summed E-state index contributed by atoms with van der Waals surface area (Å²) in [4.78, 5) is 29.3. The molecule has 142 valence electrons. The van der Waals surface area contributed by atoms with Gasteiger partial charge in [-0.1, -0.05) is 36.4 Å². The molecule has 0 N–H and O–H groups in total. The predicted octanol–water partition coefficient (Wildman–Crippen LogP) is 3.35. The van der Waals surface area contributed by atoms with E-state index in [9.17, 15) is 9.59 Å². The highest BCUT2D eigenvalue weighted by Crippen LogP contribution is 2.34. The number of fused-ring (bicyclic) bond motifs is 3. The van der Waals surface area contributed by atoms with Gasteiger partial charge in [-0.2, -0.15) is 0 Å². The number of para-hydroxylation sites is 2. The van der Waals surface area contributed by atoms with Crippen LogP contribution in [-0.2, 0) is 29.1 Å². The van der Waals surface area contributed by atoms with E-state index in [1.165, 1.54) is 27.1 Å². The van der Waals surface area contributed by atoms with Gasteiger partial charge < -0.3 is 4.57 Å². The molecule has 0 bridgehead atoms. The molecule has 2 aromatic carbocycles. The normalized spacial score (nSPS) is 20.2. The number of aromatic nitrogens is 1. The van der Waals surface area contributed by atoms with Crippen molar-refractivity contribution in [3.63, 3.8) is 0 Å². The van der Waals surface area contributed by atoms with E-state index in [1.807, 2.05) is 30.3 Å². The van der Waals surface area contributed by atoms with Crippen molar-refractivity contribution in [2.75, 3.05) is 11.4 Å². The number of hydrogen-bond donors (Lipinski definition) is 0. The number of nitrogens with zero attached hydrogens (tertiary/aromatic N) is 3. The van der Waals surface area contributed by atoms with Crippen molar-refractivity contribution in [3.05, 3.63) is 65.9 Å². The lowest BCUT2D eigenvalue weighted by Crippen LogP contribution is -2.44. The largest absolute Gasteiger partial charge is 0.343 e. The SMILES string of the molecule is CCn1c2c(c3ccccc31)CCN([C@@H]1CC(=O)N(c3ccccc3)C1=O)C2. The van der Waals surface area contributed by atoms with Gasteiger partial charge in [0.1, 0.15) is 0 Å². The molecule has 2 amide bonds. The summed E-state index contributed by atoms with van der Waals surface area (Å²) in [5.74, 6) is -0.207. The van der Waals surface area contributed by atoms with Gasteiger partial charge in [0.15, 0.2) is 0 Å². The molecule has 0 unspecified atom stereocenters. The van der Waals surface area contributed by atoms with Crippen LogP contribution in [0.15, 0.2) is 54.6 Å². The Bertz CT molecular complexity index is 1040. The standard InChI is InChI=1S/C23H23N3O2/c1-2-25-19-11-7-6-10-17(19)18-12-13-24(15-21(18)25)20-14-22(27)26(23(20)28)16-8-4-3-5-9-16/h3-11,20H,2,12-15H2,1H3/t20-/m1/s1. The Labute approximate surface area is 164 Å². The minimum absolute atomic E-state index is 0.0983. The van der Waals surface area contributed by atoms with Crippen LogP contribution in [0.1, 0.15) is 24.6 Å². The van der Waals surface area contributed by atoms with Crippen LogP contribution < -0.4 is 4.90 Å². The van der Waals surface area contributed by atoms with Gasteiger partial charge in [-0.3, -0.25) is 14.5 Å². The number of anilines is 1. The van der Waals surface area contributed by atoms with Crippen LogP contribution in [-0.4, -0.2) is 33.9 Å². The number of carbonyl (C=O) groups excluding carboxylic acids is 2. The van der Waals surface area contributed by atoms with Crippen LogP contribution in [0.3, 0.4) is 0 Å². The minimum Gasteiger partial charge on any atom is -0.343 e. The van der Waals surface area contributed by atoms with E-state index in [2.05, 4.69) is 40.7 Å². The molecule has 0 radical (unpaired) electrons. The highest BCUT2D eigenvalue weighted by Gasteiger charge is 2.43. The second kappa shape index (κ2) is 6.60. The van der Waals surface area contributed by atoms with Crippen LogP contribution in [0.5, 0.6) is 0 Å². The molecule has 5 rings (SSSR count). The smallest absolute Gasteiger partial charge is 0.251 e. The van der Waals surface area contributed by atoms with Crippen LogP contribution >= 0.6 is 0 Å². The first-order chi connectivity index (χ1) is 13.7. The number of amides is 2. The zero-order valence-corrected chi connectivity index (χ0v) is 16.0. The van der Waals surface area contributed by atoms with Crippen molar-refractivity contribution >= 4 is 28.4 Å². The molecule has 3 heterocycles. The van der Waals surface area contributed by atoms with Gasteiger partial charge in [0.25, 0.3) is 5.91 Å². The summed E-state index contributed by atoms with van der Waals surface area (Å²) in [7, 11) is 0. The minimum atomic E-state index is -0.371. The first-order valence-electron chi connectivity index (χ1n) is 9.94. The Morgan fingerprint density at radius 2 is 1.75 bits per heavy atom. The molecule has 3 aromatic rings. The van der Waals surface area contributed by atoms with E-state index >= 15 is 0 Å². The quantitative estimate of drug-likeness (QED) is 0.662. The Kier molecular flexibility index (Phi) is 4.05. The fraction of sp³-hybridized carbons (Fsp3) is 0.304. The Hall–Kier alpha value is -2.92. The Balaban J connectivity index is 1.47. The molecule has 5 nitrogen and oxygen atoms in total. The molecular weight excluding hydrogens is 350 g/mol. The Morgan fingerprint density at radius 3 is 2.54 bits per heavy atom. The topological polar surface area (TPSA) is 45.6 Å². The zero-order chi connectivity index (χ0) is 19.3. The number of carbonyl (C=O) groups is 2. The summed E-state index contributed by atoms with van der Waals surface area (Å²) in [6.07, 6.45) is 1.17. The molecule has 5 heteroatoms. The van der Waals surface area contributed by atoms with Gasteiger partial charge in [0.2, 0.25) is 5.91 Å². The third-order valence-electron chi connectivity index (χ3n) is 6.09. The lowest BCUT2D eigenvalue weighted by Gasteiger charge is -2.32. The molecule has 1 saturated heterocycles. The van der Waals surface area contributed by atoms with E-state index in [-0.39, 0.29) is 24.3 Å². The van der Waals surface area contributed by atoms with Crippen molar-refractivity contribution in [3.8, 4) is 0 Å². The van der Waals surface area contributed by atoms with E-state index in [1.54, 1.807) is 0 Å². The maximum atomic E-state index is 13.1. The second-order valence-corrected chi connectivity index (χ2v) is 7.53. The zero-order valence-electron chi connectivity index (χ0n) is 16.0. The van der Waals surface area contributed by atoms with Crippen LogP contribution in [0.4, 0.5) is 5.69 Å². The van der Waals surface area contributed by atoms with E-state index in [4.69, 9.17) is 0 Å². The summed E-state index contributed by atoms with van der Waals surface area (Å²) in [6.45, 7) is 4.58. The van der Waals surface area contributed by atoms with Gasteiger partial charge in [-0.25, -0.2) is 4.90 Å². The molecule has 0 saturated carbocycles. The number of aryl methyl sites for hydroxylation is 1. The number of hydrogen-bond acceptors (Lipinski definition) is 3. The van der Waals surface area contributed by atoms with Crippen molar-refractivity contribution in [1.29, 1.82) is 0 Å². The first kappa shape index (κ1) is 17.2. The third kappa shape index (κ3) is 2.50. The predicted molar refractivity (Wildman–Crippen MR) is 109 cm³/mol. The monoisotopic (exact) mass is 373 g/mol. The Morgan fingerprint density at radius 1 is 1.00 bits per heavy atom. The fourth-order valence-corrected chi connectivity index (χ4v) is 4.79. The van der Waals surface area contributed by atoms with Crippen LogP contribution in [0.25, 0.3) is 10.9 Å². The van der Waals surface area contributed by atoms with Crippen LogP contribution in [0.2, 0.25) is 0 Å². The summed E-state index contributed by atoms with van der Waals surface area (Å²) >= 11 is 0. The van der Waals surface area contributed by atoms with Gasteiger partial charge in [0, 0.05) is 36.2 Å². The average Bonchev–Trinajstić information content (AvgIpc) is 3.21. The fourth-order valence-electron chi connectivity index (χ4n) is 4.79. The second-order valence-electron chi connectivity index (χ2n) is 7.53. The van der Waals surface area contributed by atoms with Crippen molar-refractivity contribution < 1.29 is 9.59 Å². The van der Waals surface area contributed by atoms with Gasteiger partial charge in [0.05, 0.1) is 18.2 Å². The van der Waals surface area contributed by atoms with Crippen molar-refractivity contribution in [2.24, 2.45) is 0 Å². The molecule has 1 atom stereocenters. The molecule has 0 aliphatic carbocycles. The summed E-state index contributed by atoms with van der Waals surface area (Å²) in [5, 5.41) is 1.32. The highest BCUT2D eigenvalue weighted by atomic mass is 16.2. The number of rotatable bonds is 3. The van der Waals surface area contributed by atoms with Crippen LogP contribution in [0, 0.1) is 0 Å².